The number of morpholine rings is 1. The molecule has 1 amide bonds. The topological polar surface area (TPSA) is 66.5 Å². The summed E-state index contributed by atoms with van der Waals surface area (Å²) in [6.07, 6.45) is 1.66. The van der Waals surface area contributed by atoms with E-state index < -0.39 is 0 Å². The molecule has 0 aromatic carbocycles. The van der Waals surface area contributed by atoms with Crippen LogP contribution in [0.4, 0.5) is 5.82 Å². The van der Waals surface area contributed by atoms with Crippen molar-refractivity contribution in [3.63, 3.8) is 0 Å². The van der Waals surface area contributed by atoms with Crippen LogP contribution in [0.3, 0.4) is 0 Å². The Balaban J connectivity index is 1.84. The summed E-state index contributed by atoms with van der Waals surface area (Å²) < 4.78 is 5.33. The van der Waals surface area contributed by atoms with Crippen LogP contribution in [0, 0.1) is 0 Å². The van der Waals surface area contributed by atoms with Crippen molar-refractivity contribution >= 4 is 11.7 Å². The molecule has 2 N–H and O–H groups in total. The van der Waals surface area contributed by atoms with Gasteiger partial charge in [-0.1, -0.05) is 0 Å². The van der Waals surface area contributed by atoms with Crippen LogP contribution in [0.5, 0.6) is 0 Å². The van der Waals surface area contributed by atoms with E-state index in [4.69, 9.17) is 4.74 Å². The Morgan fingerprint density at radius 1 is 1.36 bits per heavy atom. The number of rotatable bonds is 5. The average molecular weight is 306 g/mol. The number of amides is 1. The van der Waals surface area contributed by atoms with E-state index in [1.807, 2.05) is 20.8 Å². The molecule has 1 aromatic heterocycles. The van der Waals surface area contributed by atoms with Gasteiger partial charge < -0.3 is 15.4 Å². The lowest BCUT2D eigenvalue weighted by atomic mass is 10.1. The minimum Gasteiger partial charge on any atom is -0.379 e. The number of hydrogen-bond donors (Lipinski definition) is 2. The smallest absolute Gasteiger partial charge is 0.251 e. The first-order chi connectivity index (χ1) is 10.4. The van der Waals surface area contributed by atoms with E-state index >= 15 is 0 Å². The lowest BCUT2D eigenvalue weighted by Gasteiger charge is -2.26. The molecule has 0 unspecified atom stereocenters. The van der Waals surface area contributed by atoms with Crippen molar-refractivity contribution in [2.75, 3.05) is 44.7 Å². The van der Waals surface area contributed by atoms with E-state index in [1.54, 1.807) is 18.3 Å². The number of pyridine rings is 1. The van der Waals surface area contributed by atoms with E-state index in [1.165, 1.54) is 0 Å². The van der Waals surface area contributed by atoms with Crippen molar-refractivity contribution in [3.05, 3.63) is 23.9 Å². The highest BCUT2D eigenvalue weighted by Gasteiger charge is 2.15. The molecule has 0 radical (unpaired) electrons. The van der Waals surface area contributed by atoms with Crippen LogP contribution < -0.4 is 10.6 Å². The second kappa shape index (κ2) is 7.56. The first kappa shape index (κ1) is 16.7. The van der Waals surface area contributed by atoms with Gasteiger partial charge in [-0.05, 0) is 32.9 Å². The number of anilines is 1. The first-order valence-corrected chi connectivity index (χ1v) is 7.76. The molecule has 0 aliphatic carbocycles. The Morgan fingerprint density at radius 2 is 2.09 bits per heavy atom. The summed E-state index contributed by atoms with van der Waals surface area (Å²) in [7, 11) is 0. The summed E-state index contributed by atoms with van der Waals surface area (Å²) in [5.74, 6) is 0.654. The van der Waals surface area contributed by atoms with Gasteiger partial charge in [0.2, 0.25) is 0 Å². The molecule has 1 aliphatic heterocycles. The third-order valence-corrected chi connectivity index (χ3v) is 3.35. The molecule has 0 bridgehead atoms. The monoisotopic (exact) mass is 306 g/mol. The largest absolute Gasteiger partial charge is 0.379 e. The number of carbonyl (C=O) groups is 1. The highest BCUT2D eigenvalue weighted by Crippen LogP contribution is 2.09. The molecular formula is C16H26N4O2. The van der Waals surface area contributed by atoms with Gasteiger partial charge in [-0.2, -0.15) is 0 Å². The second-order valence-electron chi connectivity index (χ2n) is 6.51. The fraction of sp³-hybridized carbons (Fsp3) is 0.625. The zero-order chi connectivity index (χ0) is 16.0. The Morgan fingerprint density at radius 3 is 2.77 bits per heavy atom. The van der Waals surface area contributed by atoms with Crippen molar-refractivity contribution in [2.24, 2.45) is 0 Å². The summed E-state index contributed by atoms with van der Waals surface area (Å²) in [5, 5.41) is 6.23. The number of nitrogens with one attached hydrogen (secondary N) is 2. The van der Waals surface area contributed by atoms with Crippen LogP contribution in [-0.2, 0) is 4.74 Å². The minimum atomic E-state index is -0.246. The van der Waals surface area contributed by atoms with Gasteiger partial charge in [0.05, 0.1) is 13.2 Å². The molecule has 0 atom stereocenters. The van der Waals surface area contributed by atoms with Gasteiger partial charge in [0.25, 0.3) is 5.91 Å². The van der Waals surface area contributed by atoms with Crippen LogP contribution in [0.25, 0.3) is 0 Å². The SMILES string of the molecule is CC(C)(C)NC(=O)c1ccnc(NCCN2CCOCC2)c1. The first-order valence-electron chi connectivity index (χ1n) is 7.76. The number of aromatic nitrogens is 1. The van der Waals surface area contributed by atoms with Crippen molar-refractivity contribution < 1.29 is 9.53 Å². The van der Waals surface area contributed by atoms with Gasteiger partial charge in [-0.25, -0.2) is 4.98 Å². The lowest BCUT2D eigenvalue weighted by Crippen LogP contribution is -2.40. The molecule has 1 aliphatic rings. The van der Waals surface area contributed by atoms with Gasteiger partial charge in [0.15, 0.2) is 0 Å². The van der Waals surface area contributed by atoms with Crippen molar-refractivity contribution in [1.29, 1.82) is 0 Å². The van der Waals surface area contributed by atoms with E-state index in [0.29, 0.717) is 5.56 Å². The van der Waals surface area contributed by atoms with Crippen LogP contribution in [0.15, 0.2) is 18.3 Å². The van der Waals surface area contributed by atoms with E-state index in [9.17, 15) is 4.79 Å². The maximum absolute atomic E-state index is 12.1. The summed E-state index contributed by atoms with van der Waals surface area (Å²) in [6, 6.07) is 3.52. The zero-order valence-electron chi connectivity index (χ0n) is 13.7. The number of nitrogens with zero attached hydrogens (tertiary/aromatic N) is 2. The molecule has 1 aromatic rings. The van der Waals surface area contributed by atoms with E-state index in [-0.39, 0.29) is 11.4 Å². The molecule has 0 spiro atoms. The van der Waals surface area contributed by atoms with E-state index in [2.05, 4.69) is 20.5 Å². The molecule has 2 rings (SSSR count). The molecule has 0 saturated carbocycles. The molecule has 6 heteroatoms. The van der Waals surface area contributed by atoms with Crippen molar-refractivity contribution in [3.8, 4) is 0 Å². The minimum absolute atomic E-state index is 0.0777. The lowest BCUT2D eigenvalue weighted by molar-refractivity contribution is 0.0398. The normalized spacial score (nSPS) is 16.3. The number of ether oxygens (including phenoxy) is 1. The van der Waals surface area contributed by atoms with Gasteiger partial charge in [0, 0.05) is 43.5 Å². The zero-order valence-corrected chi connectivity index (χ0v) is 13.7. The molecule has 1 fully saturated rings. The van der Waals surface area contributed by atoms with Crippen LogP contribution in [-0.4, -0.2) is 60.7 Å². The molecule has 2 heterocycles. The fourth-order valence-electron chi connectivity index (χ4n) is 2.25. The number of hydrogen-bond acceptors (Lipinski definition) is 5. The van der Waals surface area contributed by atoms with Crippen LogP contribution in [0.2, 0.25) is 0 Å². The molecule has 1 saturated heterocycles. The van der Waals surface area contributed by atoms with E-state index in [0.717, 1.165) is 45.2 Å². The third kappa shape index (κ3) is 5.61. The van der Waals surface area contributed by atoms with Gasteiger partial charge in [-0.15, -0.1) is 0 Å². The third-order valence-electron chi connectivity index (χ3n) is 3.35. The number of carbonyl (C=O) groups excluding carboxylic acids is 1. The molecule has 6 nitrogen and oxygen atoms in total. The standard InChI is InChI=1S/C16H26N4O2/c1-16(2,3)19-15(21)13-4-5-17-14(12-13)18-6-7-20-8-10-22-11-9-20/h4-5,12H,6-11H2,1-3H3,(H,17,18)(H,19,21). The van der Waals surface area contributed by atoms with Crippen LogP contribution >= 0.6 is 0 Å². The quantitative estimate of drug-likeness (QED) is 0.860. The Kier molecular flexibility index (Phi) is 5.74. The Bertz CT molecular complexity index is 493. The Labute approximate surface area is 132 Å². The maximum Gasteiger partial charge on any atom is 0.251 e. The van der Waals surface area contributed by atoms with Gasteiger partial charge >= 0.3 is 0 Å². The van der Waals surface area contributed by atoms with Crippen molar-refractivity contribution in [2.45, 2.75) is 26.3 Å². The fourth-order valence-corrected chi connectivity index (χ4v) is 2.25. The Hall–Kier alpha value is -1.66. The predicted octanol–water partition coefficient (Wildman–Crippen LogP) is 1.35. The predicted molar refractivity (Wildman–Crippen MR) is 87.2 cm³/mol. The highest BCUT2D eigenvalue weighted by molar-refractivity contribution is 5.95. The summed E-state index contributed by atoms with van der Waals surface area (Å²) >= 11 is 0. The van der Waals surface area contributed by atoms with Crippen molar-refractivity contribution in [1.82, 2.24) is 15.2 Å². The highest BCUT2D eigenvalue weighted by atomic mass is 16.5. The average Bonchev–Trinajstić information content (AvgIpc) is 2.47. The molecule has 22 heavy (non-hydrogen) atoms. The van der Waals surface area contributed by atoms with Crippen LogP contribution in [0.1, 0.15) is 31.1 Å². The summed E-state index contributed by atoms with van der Waals surface area (Å²) in [6.45, 7) is 11.2. The van der Waals surface area contributed by atoms with Gasteiger partial charge in [0.1, 0.15) is 5.82 Å². The molecule has 122 valence electrons. The molecular weight excluding hydrogens is 280 g/mol. The summed E-state index contributed by atoms with van der Waals surface area (Å²) in [5.41, 5.74) is 0.378. The maximum atomic E-state index is 12.1. The van der Waals surface area contributed by atoms with Gasteiger partial charge in [-0.3, -0.25) is 9.69 Å². The summed E-state index contributed by atoms with van der Waals surface area (Å²) in [4.78, 5) is 18.8. The second-order valence-corrected chi connectivity index (χ2v) is 6.51.